The van der Waals surface area contributed by atoms with E-state index >= 15 is 0 Å². The Bertz CT molecular complexity index is 2040. The Labute approximate surface area is 286 Å². The number of likely N-dealkylation sites (tertiary alicyclic amines) is 1. The lowest BCUT2D eigenvalue weighted by Gasteiger charge is -2.42. The predicted octanol–water partition coefficient (Wildman–Crippen LogP) is 6.17. The van der Waals surface area contributed by atoms with Crippen molar-refractivity contribution in [3.05, 3.63) is 107 Å². The Kier molecular flexibility index (Phi) is 8.77. The molecular weight excluding hydrogens is 647 g/mol. The quantitative estimate of drug-likeness (QED) is 0.200. The molecule has 2 aliphatic heterocycles. The number of carbonyl (C=O) groups is 2. The number of aryl methyl sites for hydroxylation is 2. The third kappa shape index (κ3) is 6.52. The van der Waals surface area contributed by atoms with Gasteiger partial charge in [-0.2, -0.15) is 13.2 Å². The molecule has 2 amide bonds. The van der Waals surface area contributed by atoms with E-state index in [-0.39, 0.29) is 23.2 Å². The zero-order valence-electron chi connectivity index (χ0n) is 27.4. The average Bonchev–Trinajstić information content (AvgIpc) is 3.52. The monoisotopic (exact) mass is 683 g/mol. The molecule has 0 bridgehead atoms. The summed E-state index contributed by atoms with van der Waals surface area (Å²) in [5.74, 6) is 0.287. The molecule has 0 saturated carbocycles. The zero-order chi connectivity index (χ0) is 35.0. The molecule has 0 aliphatic carbocycles. The highest BCUT2D eigenvalue weighted by atomic mass is 19.4. The molecule has 1 atom stereocenters. The van der Waals surface area contributed by atoms with Crippen LogP contribution in [0.5, 0.6) is 0 Å². The van der Waals surface area contributed by atoms with Gasteiger partial charge in [-0.05, 0) is 62.4 Å². The summed E-state index contributed by atoms with van der Waals surface area (Å²) < 4.78 is 47.0. The zero-order valence-corrected chi connectivity index (χ0v) is 27.4. The number of carbonyl (C=O) groups excluding carboxylic acids is 2. The van der Waals surface area contributed by atoms with Crippen LogP contribution in [0, 0.1) is 5.41 Å². The lowest BCUT2D eigenvalue weighted by atomic mass is 9.85. The van der Waals surface area contributed by atoms with Crippen LogP contribution in [-0.2, 0) is 28.5 Å². The lowest BCUT2D eigenvalue weighted by Crippen LogP contribution is -2.55. The van der Waals surface area contributed by atoms with E-state index in [4.69, 9.17) is 15.5 Å². The van der Waals surface area contributed by atoms with Gasteiger partial charge in [-0.15, -0.1) is 0 Å². The summed E-state index contributed by atoms with van der Waals surface area (Å²) in [7, 11) is 0. The molecule has 3 aromatic heterocycles. The molecule has 10 nitrogen and oxygen atoms in total. The van der Waals surface area contributed by atoms with Crippen LogP contribution in [-0.4, -0.2) is 62.4 Å². The van der Waals surface area contributed by atoms with Gasteiger partial charge in [0.2, 0.25) is 5.91 Å². The molecular formula is C37H36F3N7O3. The van der Waals surface area contributed by atoms with Gasteiger partial charge >= 0.3 is 6.18 Å². The third-order valence-corrected chi connectivity index (χ3v) is 9.48. The van der Waals surface area contributed by atoms with Gasteiger partial charge in [-0.1, -0.05) is 42.5 Å². The van der Waals surface area contributed by atoms with Crippen molar-refractivity contribution in [2.75, 3.05) is 37.4 Å². The number of hydrogen-bond donors (Lipinski definition) is 2. The second-order valence-corrected chi connectivity index (χ2v) is 13.2. The molecule has 13 heteroatoms. The highest BCUT2D eigenvalue weighted by Crippen LogP contribution is 2.37. The van der Waals surface area contributed by atoms with Gasteiger partial charge < -0.3 is 20.7 Å². The number of imidazole rings is 1. The normalized spacial score (nSPS) is 17.4. The third-order valence-electron chi connectivity index (χ3n) is 9.48. The average molecular weight is 684 g/mol. The maximum atomic E-state index is 13.5. The number of rotatable bonds is 8. The SMILES string of the molecule is CC1(C(=O)N2CCCC(c3nc(-c4ccc(C(=O)Nc5cc(C(F)(F)F)ccn5)cc4)c4c(N)ncc(CCc5ccccc5)n34)C2)COC1. The summed E-state index contributed by atoms with van der Waals surface area (Å²) in [4.78, 5) is 42.0. The number of nitrogens with one attached hydrogen (secondary N) is 1. The molecule has 2 saturated heterocycles. The fourth-order valence-electron chi connectivity index (χ4n) is 6.73. The number of amides is 2. The summed E-state index contributed by atoms with van der Waals surface area (Å²) in [6.07, 6.45) is 1.31. The number of nitrogen functional groups attached to an aromatic ring is 1. The number of halogens is 3. The summed E-state index contributed by atoms with van der Waals surface area (Å²) in [5.41, 5.74) is 9.39. The minimum absolute atomic E-state index is 0.0687. The number of nitrogens with two attached hydrogens (primary N) is 1. The number of nitrogens with zero attached hydrogens (tertiary/aromatic N) is 5. The van der Waals surface area contributed by atoms with Crippen LogP contribution >= 0.6 is 0 Å². The van der Waals surface area contributed by atoms with Crippen molar-refractivity contribution in [2.45, 2.75) is 44.7 Å². The highest BCUT2D eigenvalue weighted by Gasteiger charge is 2.45. The van der Waals surface area contributed by atoms with Crippen molar-refractivity contribution >= 4 is 29.0 Å². The first-order valence-corrected chi connectivity index (χ1v) is 16.5. The number of pyridine rings is 1. The molecule has 0 spiro atoms. The molecule has 3 N–H and O–H groups in total. The van der Waals surface area contributed by atoms with Crippen molar-refractivity contribution in [2.24, 2.45) is 5.41 Å². The van der Waals surface area contributed by atoms with Gasteiger partial charge in [-0.25, -0.2) is 15.0 Å². The van der Waals surface area contributed by atoms with Gasteiger partial charge in [0.25, 0.3) is 5.91 Å². The fourth-order valence-corrected chi connectivity index (χ4v) is 6.73. The second kappa shape index (κ2) is 13.2. The number of piperidine rings is 1. The predicted molar refractivity (Wildman–Crippen MR) is 181 cm³/mol. The topological polar surface area (TPSA) is 128 Å². The Morgan fingerprint density at radius 1 is 1.04 bits per heavy atom. The summed E-state index contributed by atoms with van der Waals surface area (Å²) in [5, 5.41) is 2.44. The van der Waals surface area contributed by atoms with E-state index in [1.165, 1.54) is 5.56 Å². The number of benzene rings is 2. The highest BCUT2D eigenvalue weighted by molar-refractivity contribution is 6.04. The molecule has 5 heterocycles. The van der Waals surface area contributed by atoms with Gasteiger partial charge in [0, 0.05) is 48.2 Å². The van der Waals surface area contributed by atoms with Gasteiger partial charge in [0.1, 0.15) is 28.7 Å². The first kappa shape index (κ1) is 33.2. The van der Waals surface area contributed by atoms with Crippen molar-refractivity contribution in [1.82, 2.24) is 24.3 Å². The lowest BCUT2D eigenvalue weighted by molar-refractivity contribution is -0.170. The van der Waals surface area contributed by atoms with Crippen LogP contribution in [0.1, 0.15) is 58.7 Å². The van der Waals surface area contributed by atoms with Crippen LogP contribution in [0.25, 0.3) is 16.8 Å². The van der Waals surface area contributed by atoms with Crippen molar-refractivity contribution in [3.8, 4) is 11.3 Å². The summed E-state index contributed by atoms with van der Waals surface area (Å²) in [6, 6.07) is 18.4. The van der Waals surface area contributed by atoms with E-state index in [9.17, 15) is 22.8 Å². The Balaban J connectivity index is 1.23. The summed E-state index contributed by atoms with van der Waals surface area (Å²) in [6.45, 7) is 3.96. The van der Waals surface area contributed by atoms with E-state index in [2.05, 4.69) is 31.8 Å². The number of fused-ring (bicyclic) bond motifs is 1. The van der Waals surface area contributed by atoms with Crippen LogP contribution in [0.2, 0.25) is 0 Å². The summed E-state index contributed by atoms with van der Waals surface area (Å²) >= 11 is 0. The van der Waals surface area contributed by atoms with Crippen molar-refractivity contribution < 1.29 is 27.5 Å². The van der Waals surface area contributed by atoms with E-state index < -0.39 is 23.1 Å². The first-order valence-electron chi connectivity index (χ1n) is 16.5. The van der Waals surface area contributed by atoms with E-state index in [0.29, 0.717) is 55.3 Å². The molecule has 258 valence electrons. The van der Waals surface area contributed by atoms with E-state index in [1.807, 2.05) is 30.0 Å². The van der Waals surface area contributed by atoms with Gasteiger partial charge in [-0.3, -0.25) is 14.0 Å². The largest absolute Gasteiger partial charge is 0.416 e. The van der Waals surface area contributed by atoms with Crippen molar-refractivity contribution in [1.29, 1.82) is 0 Å². The molecule has 2 aliphatic rings. The van der Waals surface area contributed by atoms with Crippen LogP contribution in [0.4, 0.5) is 24.8 Å². The minimum atomic E-state index is -4.57. The smallest absolute Gasteiger partial charge is 0.382 e. The van der Waals surface area contributed by atoms with Crippen LogP contribution < -0.4 is 11.1 Å². The second-order valence-electron chi connectivity index (χ2n) is 13.2. The number of ether oxygens (including phenoxy) is 1. The van der Waals surface area contributed by atoms with Gasteiger partial charge in [0.05, 0.1) is 24.2 Å². The Morgan fingerprint density at radius 2 is 1.80 bits per heavy atom. The maximum absolute atomic E-state index is 13.5. The Morgan fingerprint density at radius 3 is 2.50 bits per heavy atom. The number of hydrogen-bond acceptors (Lipinski definition) is 7. The molecule has 5 aromatic rings. The van der Waals surface area contributed by atoms with Crippen LogP contribution in [0.3, 0.4) is 0 Å². The molecule has 2 fully saturated rings. The number of anilines is 2. The van der Waals surface area contributed by atoms with Gasteiger partial charge in [0.15, 0.2) is 0 Å². The first-order chi connectivity index (χ1) is 24.0. The van der Waals surface area contributed by atoms with Crippen molar-refractivity contribution in [3.63, 3.8) is 0 Å². The minimum Gasteiger partial charge on any atom is -0.382 e. The molecule has 50 heavy (non-hydrogen) atoms. The Hall–Kier alpha value is -5.30. The molecule has 2 aromatic carbocycles. The fraction of sp³-hybridized carbons (Fsp3) is 0.324. The van der Waals surface area contributed by atoms with E-state index in [1.54, 1.807) is 30.5 Å². The molecule has 0 radical (unpaired) electrons. The number of aromatic nitrogens is 4. The standard InChI is InChI=1S/C37H36F3N7O3/c1-36(21-50-22-36)35(49)46-17-5-8-26(20-46)33-45-30(31-32(41)43-19-28(47(31)33)14-9-23-6-3-2-4-7-23)24-10-12-25(13-11-24)34(48)44-29-18-27(15-16-42-29)37(38,39)40/h2-4,6-7,10-13,15-16,18-19,26H,5,8-9,14,17,20-22H2,1H3,(H2,41,43)(H,42,44,48). The maximum Gasteiger partial charge on any atom is 0.416 e. The van der Waals surface area contributed by atoms with E-state index in [0.717, 1.165) is 49.1 Å². The molecule has 7 rings (SSSR count). The van der Waals surface area contributed by atoms with Crippen LogP contribution in [0.15, 0.2) is 79.1 Å². The number of alkyl halides is 3. The molecule has 1 unspecified atom stereocenters.